The summed E-state index contributed by atoms with van der Waals surface area (Å²) < 4.78 is 7.62. The zero-order valence-electron chi connectivity index (χ0n) is 11.6. The lowest BCUT2D eigenvalue weighted by atomic mass is 9.97. The van der Waals surface area contributed by atoms with Crippen LogP contribution in [0.4, 0.5) is 0 Å². The molecule has 1 aromatic rings. The second-order valence-corrected chi connectivity index (χ2v) is 5.05. The van der Waals surface area contributed by atoms with Gasteiger partial charge in [-0.1, -0.05) is 13.8 Å². The highest BCUT2D eigenvalue weighted by atomic mass is 16.5. The van der Waals surface area contributed by atoms with Gasteiger partial charge in [-0.2, -0.15) is 5.10 Å². The Hall–Kier alpha value is -0.870. The van der Waals surface area contributed by atoms with Gasteiger partial charge in [-0.05, 0) is 37.8 Å². The molecule has 0 saturated carbocycles. The van der Waals surface area contributed by atoms with Gasteiger partial charge in [0.25, 0.3) is 0 Å². The minimum Gasteiger partial charge on any atom is -0.381 e. The van der Waals surface area contributed by atoms with Crippen LogP contribution in [0, 0.1) is 5.92 Å². The minimum atomic E-state index is 0.413. The van der Waals surface area contributed by atoms with Gasteiger partial charge in [0.2, 0.25) is 0 Å². The van der Waals surface area contributed by atoms with E-state index in [1.54, 1.807) is 0 Å². The summed E-state index contributed by atoms with van der Waals surface area (Å²) >= 11 is 0. The number of hydrogen-bond donors (Lipinski definition) is 1. The zero-order valence-corrected chi connectivity index (χ0v) is 11.6. The lowest BCUT2D eigenvalue weighted by molar-refractivity contribution is 0.181. The van der Waals surface area contributed by atoms with Gasteiger partial charge in [0.15, 0.2) is 0 Å². The quantitative estimate of drug-likeness (QED) is 0.808. The van der Waals surface area contributed by atoms with Crippen molar-refractivity contribution < 1.29 is 4.74 Å². The van der Waals surface area contributed by atoms with E-state index < -0.39 is 0 Å². The van der Waals surface area contributed by atoms with E-state index in [0.29, 0.717) is 12.0 Å². The smallest absolute Gasteiger partial charge is 0.0553 e. The fourth-order valence-electron chi connectivity index (χ4n) is 2.70. The highest BCUT2D eigenvalue weighted by Crippen LogP contribution is 2.26. The second kappa shape index (κ2) is 6.90. The first kappa shape index (κ1) is 13.6. The molecule has 1 aliphatic heterocycles. The lowest BCUT2D eigenvalue weighted by Gasteiger charge is -2.22. The third-order valence-corrected chi connectivity index (χ3v) is 3.59. The van der Waals surface area contributed by atoms with E-state index in [4.69, 9.17) is 4.74 Å². The summed E-state index contributed by atoms with van der Waals surface area (Å²) in [6, 6.07) is 2.56. The van der Waals surface area contributed by atoms with Crippen LogP contribution in [0.3, 0.4) is 0 Å². The highest BCUT2D eigenvalue weighted by molar-refractivity contribution is 5.07. The predicted molar refractivity (Wildman–Crippen MR) is 72.5 cm³/mol. The maximum atomic E-state index is 5.48. The summed E-state index contributed by atoms with van der Waals surface area (Å²) in [4.78, 5) is 0. The van der Waals surface area contributed by atoms with Crippen LogP contribution in [0.5, 0.6) is 0 Å². The molecule has 0 aliphatic carbocycles. The van der Waals surface area contributed by atoms with Crippen molar-refractivity contribution in [2.75, 3.05) is 19.8 Å². The van der Waals surface area contributed by atoms with E-state index in [-0.39, 0.29) is 0 Å². The van der Waals surface area contributed by atoms with Gasteiger partial charge in [0.1, 0.15) is 0 Å². The molecule has 1 saturated heterocycles. The number of nitrogens with one attached hydrogen (secondary N) is 1. The van der Waals surface area contributed by atoms with E-state index in [0.717, 1.165) is 39.1 Å². The monoisotopic (exact) mass is 251 g/mol. The highest BCUT2D eigenvalue weighted by Gasteiger charge is 2.23. The molecule has 0 spiro atoms. The molecule has 1 N–H and O–H groups in total. The van der Waals surface area contributed by atoms with E-state index in [2.05, 4.69) is 35.0 Å². The minimum absolute atomic E-state index is 0.413. The number of aromatic nitrogens is 2. The van der Waals surface area contributed by atoms with Gasteiger partial charge in [-0.3, -0.25) is 4.68 Å². The number of nitrogens with zero attached hydrogens (tertiary/aromatic N) is 2. The van der Waals surface area contributed by atoms with Crippen LogP contribution in [0.15, 0.2) is 12.3 Å². The van der Waals surface area contributed by atoms with E-state index in [9.17, 15) is 0 Å². The van der Waals surface area contributed by atoms with Crippen molar-refractivity contribution in [1.82, 2.24) is 15.1 Å². The summed E-state index contributed by atoms with van der Waals surface area (Å²) in [7, 11) is 0. The lowest BCUT2D eigenvalue weighted by Crippen LogP contribution is -2.26. The molecule has 1 aliphatic rings. The van der Waals surface area contributed by atoms with Crippen molar-refractivity contribution in [3.8, 4) is 0 Å². The van der Waals surface area contributed by atoms with Crippen molar-refractivity contribution in [3.05, 3.63) is 18.0 Å². The van der Waals surface area contributed by atoms with E-state index >= 15 is 0 Å². The fourth-order valence-corrected chi connectivity index (χ4v) is 2.70. The van der Waals surface area contributed by atoms with Gasteiger partial charge in [-0.25, -0.2) is 0 Å². The maximum absolute atomic E-state index is 5.48. The van der Waals surface area contributed by atoms with Crippen molar-refractivity contribution in [2.24, 2.45) is 5.92 Å². The molecule has 1 aromatic heterocycles. The largest absolute Gasteiger partial charge is 0.381 e. The van der Waals surface area contributed by atoms with Gasteiger partial charge in [0.05, 0.1) is 5.69 Å². The van der Waals surface area contributed by atoms with Crippen LogP contribution >= 0.6 is 0 Å². The van der Waals surface area contributed by atoms with Crippen molar-refractivity contribution in [3.63, 3.8) is 0 Å². The molecular weight excluding hydrogens is 226 g/mol. The Morgan fingerprint density at radius 2 is 2.44 bits per heavy atom. The molecule has 4 nitrogen and oxygen atoms in total. The van der Waals surface area contributed by atoms with Crippen molar-refractivity contribution in [2.45, 2.75) is 45.7 Å². The molecular formula is C14H25N3O. The first-order valence-corrected chi connectivity index (χ1v) is 7.18. The topological polar surface area (TPSA) is 39.1 Å². The Morgan fingerprint density at radius 1 is 1.56 bits per heavy atom. The Balaban J connectivity index is 2.04. The normalized spacial score (nSPS) is 21.3. The number of rotatable bonds is 7. The van der Waals surface area contributed by atoms with E-state index in [1.807, 2.05) is 6.20 Å². The summed E-state index contributed by atoms with van der Waals surface area (Å²) in [6.07, 6.45) is 5.40. The third kappa shape index (κ3) is 3.33. The van der Waals surface area contributed by atoms with Crippen molar-refractivity contribution >= 4 is 0 Å². The Bertz CT molecular complexity index is 345. The van der Waals surface area contributed by atoms with Gasteiger partial charge in [0, 0.05) is 32.0 Å². The van der Waals surface area contributed by atoms with Gasteiger partial charge < -0.3 is 10.1 Å². The van der Waals surface area contributed by atoms with Crippen molar-refractivity contribution in [1.29, 1.82) is 0 Å². The summed E-state index contributed by atoms with van der Waals surface area (Å²) in [5.41, 5.74) is 1.32. The zero-order chi connectivity index (χ0) is 12.8. The first-order valence-electron chi connectivity index (χ1n) is 7.18. The van der Waals surface area contributed by atoms with E-state index in [1.165, 1.54) is 12.1 Å². The molecule has 2 rings (SSSR count). The SMILES string of the molecule is CCCn1nccc1C(CC1CCOC1)NCC. The third-order valence-electron chi connectivity index (χ3n) is 3.59. The number of ether oxygens (including phenoxy) is 1. The molecule has 0 radical (unpaired) electrons. The first-order chi connectivity index (χ1) is 8.85. The average Bonchev–Trinajstić information content (AvgIpc) is 3.00. The van der Waals surface area contributed by atoms with Gasteiger partial charge >= 0.3 is 0 Å². The molecule has 1 fully saturated rings. The molecule has 4 heteroatoms. The Kier molecular flexibility index (Phi) is 5.20. The molecule has 0 aromatic carbocycles. The Morgan fingerprint density at radius 3 is 3.11 bits per heavy atom. The maximum Gasteiger partial charge on any atom is 0.0553 e. The summed E-state index contributed by atoms with van der Waals surface area (Å²) in [5.74, 6) is 0.694. The van der Waals surface area contributed by atoms with Crippen LogP contribution in [0.25, 0.3) is 0 Å². The molecule has 0 bridgehead atoms. The van der Waals surface area contributed by atoms with Crippen LogP contribution < -0.4 is 5.32 Å². The molecule has 2 unspecified atom stereocenters. The summed E-state index contributed by atoms with van der Waals surface area (Å²) in [5, 5.41) is 8.02. The molecule has 2 atom stereocenters. The fraction of sp³-hybridized carbons (Fsp3) is 0.786. The average molecular weight is 251 g/mol. The van der Waals surface area contributed by atoms with Crippen LogP contribution in [0.2, 0.25) is 0 Å². The standard InChI is InChI=1S/C14H25N3O/c1-3-8-17-14(5-7-16-17)13(15-4-2)10-12-6-9-18-11-12/h5,7,12-13,15H,3-4,6,8-11H2,1-2H3. The molecule has 0 amide bonds. The van der Waals surface area contributed by atoms with Crippen LogP contribution in [0.1, 0.15) is 44.8 Å². The molecule has 102 valence electrons. The molecule has 18 heavy (non-hydrogen) atoms. The predicted octanol–water partition coefficient (Wildman–Crippen LogP) is 2.37. The van der Waals surface area contributed by atoms with Gasteiger partial charge in [-0.15, -0.1) is 0 Å². The van der Waals surface area contributed by atoms with Crippen LogP contribution in [-0.4, -0.2) is 29.5 Å². The number of aryl methyl sites for hydroxylation is 1. The number of hydrogen-bond acceptors (Lipinski definition) is 3. The second-order valence-electron chi connectivity index (χ2n) is 5.05. The van der Waals surface area contributed by atoms with Crippen LogP contribution in [-0.2, 0) is 11.3 Å². The molecule has 2 heterocycles. The summed E-state index contributed by atoms with van der Waals surface area (Å²) in [6.45, 7) is 8.21. The Labute approximate surface area is 110 Å².